The van der Waals surface area contributed by atoms with Crippen LogP contribution in [0.15, 0.2) is 12.7 Å². The van der Waals surface area contributed by atoms with Crippen LogP contribution in [0, 0.1) is 0 Å². The summed E-state index contributed by atoms with van der Waals surface area (Å²) < 4.78 is 9.00. The van der Waals surface area contributed by atoms with Crippen LogP contribution in [0.5, 0.6) is 0 Å². The van der Waals surface area contributed by atoms with Crippen molar-refractivity contribution in [3.63, 3.8) is 0 Å². The molecule has 0 aromatic carbocycles. The molecule has 0 aromatic heterocycles. The lowest BCUT2D eigenvalue weighted by Gasteiger charge is -2.15. The highest BCUT2D eigenvalue weighted by Crippen LogP contribution is 2.12. The van der Waals surface area contributed by atoms with Crippen LogP contribution in [0.3, 0.4) is 0 Å². The van der Waals surface area contributed by atoms with Gasteiger partial charge in [0.2, 0.25) is 0 Å². The zero-order valence-corrected chi connectivity index (χ0v) is 9.63. The van der Waals surface area contributed by atoms with Gasteiger partial charge in [0.1, 0.15) is 6.10 Å². The molecular weight excluding hydrogens is 228 g/mol. The highest BCUT2D eigenvalue weighted by molar-refractivity contribution is 5.57. The van der Waals surface area contributed by atoms with Crippen molar-refractivity contribution < 1.29 is 29.3 Å². The predicted octanol–water partition coefficient (Wildman–Crippen LogP) is 2.88. The summed E-state index contributed by atoms with van der Waals surface area (Å²) in [4.78, 5) is 20.5. The second-order valence-corrected chi connectivity index (χ2v) is 3.48. The van der Waals surface area contributed by atoms with Gasteiger partial charge in [0, 0.05) is 0 Å². The van der Waals surface area contributed by atoms with Crippen molar-refractivity contribution in [3.8, 4) is 0 Å². The number of hydrogen-bond acceptors (Lipinski definition) is 4. The van der Waals surface area contributed by atoms with E-state index in [-0.39, 0.29) is 6.61 Å². The summed E-state index contributed by atoms with van der Waals surface area (Å²) in [7, 11) is 0. The summed E-state index contributed by atoms with van der Waals surface area (Å²) in [5, 5.41) is 16.8. The van der Waals surface area contributed by atoms with Crippen LogP contribution in [-0.4, -0.2) is 35.2 Å². The maximum Gasteiger partial charge on any atom is 0.506 e. The third-order valence-corrected chi connectivity index (χ3v) is 2.10. The molecule has 0 aliphatic heterocycles. The van der Waals surface area contributed by atoms with Crippen LogP contribution in [-0.2, 0) is 9.47 Å². The normalized spacial score (nSPS) is 11.5. The molecule has 0 radical (unpaired) electrons. The summed E-state index contributed by atoms with van der Waals surface area (Å²) >= 11 is 0. The van der Waals surface area contributed by atoms with Crippen molar-refractivity contribution >= 4 is 12.3 Å². The van der Waals surface area contributed by atoms with E-state index in [4.69, 9.17) is 10.2 Å². The van der Waals surface area contributed by atoms with E-state index in [9.17, 15) is 9.59 Å². The molecule has 1 atom stereocenters. The van der Waals surface area contributed by atoms with Gasteiger partial charge in [0.25, 0.3) is 0 Å². The van der Waals surface area contributed by atoms with Gasteiger partial charge in [0.05, 0.1) is 6.61 Å². The Bertz CT molecular complexity index is 250. The van der Waals surface area contributed by atoms with Gasteiger partial charge in [-0.2, -0.15) is 0 Å². The summed E-state index contributed by atoms with van der Waals surface area (Å²) in [6.45, 7) is 3.62. The van der Waals surface area contributed by atoms with E-state index in [1.165, 1.54) is 0 Å². The van der Waals surface area contributed by atoms with Gasteiger partial charge in [-0.1, -0.05) is 6.08 Å². The van der Waals surface area contributed by atoms with Crippen molar-refractivity contribution in [2.24, 2.45) is 0 Å². The van der Waals surface area contributed by atoms with Crippen molar-refractivity contribution in [2.45, 2.75) is 38.2 Å². The molecule has 6 nitrogen and oxygen atoms in total. The Morgan fingerprint density at radius 1 is 1.18 bits per heavy atom. The summed E-state index contributed by atoms with van der Waals surface area (Å²) in [5.41, 5.74) is 0. The molecule has 1 unspecified atom stereocenters. The topological polar surface area (TPSA) is 93.1 Å². The van der Waals surface area contributed by atoms with Crippen LogP contribution in [0.4, 0.5) is 9.59 Å². The van der Waals surface area contributed by atoms with Gasteiger partial charge in [-0.3, -0.25) is 0 Å². The van der Waals surface area contributed by atoms with Gasteiger partial charge in [-0.15, -0.1) is 6.58 Å². The lowest BCUT2D eigenvalue weighted by Crippen LogP contribution is -2.18. The molecule has 0 saturated carbocycles. The molecule has 0 aliphatic carbocycles. The first-order valence-corrected chi connectivity index (χ1v) is 5.42. The zero-order valence-electron chi connectivity index (χ0n) is 9.63. The van der Waals surface area contributed by atoms with Crippen molar-refractivity contribution in [1.82, 2.24) is 0 Å². The van der Waals surface area contributed by atoms with Crippen LogP contribution in [0.1, 0.15) is 32.1 Å². The molecule has 0 amide bonds. The van der Waals surface area contributed by atoms with Gasteiger partial charge < -0.3 is 19.7 Å². The molecule has 0 saturated heterocycles. The molecule has 0 heterocycles. The van der Waals surface area contributed by atoms with E-state index in [1.54, 1.807) is 6.08 Å². The predicted molar refractivity (Wildman–Crippen MR) is 60.2 cm³/mol. The minimum Gasteiger partial charge on any atom is -0.450 e. The number of unbranched alkanes of at least 4 members (excludes halogenated alkanes) is 1. The van der Waals surface area contributed by atoms with E-state index in [1.807, 2.05) is 0 Å². The highest BCUT2D eigenvalue weighted by atomic mass is 16.7. The molecule has 98 valence electrons. The van der Waals surface area contributed by atoms with Gasteiger partial charge in [0.15, 0.2) is 0 Å². The molecule has 0 aliphatic rings. The molecule has 0 aromatic rings. The monoisotopic (exact) mass is 246 g/mol. The average molecular weight is 246 g/mol. The molecule has 0 fully saturated rings. The minimum atomic E-state index is -1.33. The Balaban J connectivity index is 3.79. The third kappa shape index (κ3) is 10.6. The summed E-state index contributed by atoms with van der Waals surface area (Å²) in [6, 6.07) is 0. The lowest BCUT2D eigenvalue weighted by atomic mass is 10.1. The van der Waals surface area contributed by atoms with Gasteiger partial charge in [-0.25, -0.2) is 9.59 Å². The number of carboxylic acid groups (broad SMARTS) is 2. The molecular formula is C11H18O6. The molecule has 2 N–H and O–H groups in total. The molecule has 0 rings (SSSR count). The second-order valence-electron chi connectivity index (χ2n) is 3.48. The van der Waals surface area contributed by atoms with E-state index in [2.05, 4.69) is 16.1 Å². The third-order valence-electron chi connectivity index (χ3n) is 2.10. The Morgan fingerprint density at radius 3 is 2.35 bits per heavy atom. The van der Waals surface area contributed by atoms with E-state index in [0.29, 0.717) is 19.3 Å². The van der Waals surface area contributed by atoms with Gasteiger partial charge in [-0.05, 0) is 32.1 Å². The Labute approximate surface area is 99.8 Å². The maximum absolute atomic E-state index is 10.4. The van der Waals surface area contributed by atoms with E-state index in [0.717, 1.165) is 12.8 Å². The summed E-state index contributed by atoms with van der Waals surface area (Å²) in [6.07, 6.45) is 1.79. The van der Waals surface area contributed by atoms with Crippen molar-refractivity contribution in [2.75, 3.05) is 6.61 Å². The Kier molecular flexibility index (Phi) is 8.54. The van der Waals surface area contributed by atoms with Crippen LogP contribution in [0.2, 0.25) is 0 Å². The van der Waals surface area contributed by atoms with Crippen LogP contribution in [0.25, 0.3) is 0 Å². The molecule has 17 heavy (non-hydrogen) atoms. The largest absolute Gasteiger partial charge is 0.506 e. The highest BCUT2D eigenvalue weighted by Gasteiger charge is 2.13. The fourth-order valence-electron chi connectivity index (χ4n) is 1.37. The van der Waals surface area contributed by atoms with E-state index >= 15 is 0 Å². The molecule has 0 spiro atoms. The van der Waals surface area contributed by atoms with E-state index < -0.39 is 18.4 Å². The van der Waals surface area contributed by atoms with Crippen LogP contribution >= 0.6 is 0 Å². The molecule has 6 heteroatoms. The number of hydrogen-bond donors (Lipinski definition) is 2. The zero-order chi connectivity index (χ0) is 13.1. The lowest BCUT2D eigenvalue weighted by molar-refractivity contribution is 0.0372. The SMILES string of the molecule is C=CCCCC(CCCOC(=O)O)OC(=O)O. The molecule has 0 bridgehead atoms. The standard InChI is InChI=1S/C11H18O6/c1-2-3-4-6-9(17-11(14)15)7-5-8-16-10(12)13/h2,9H,1,3-8H2,(H,12,13)(H,14,15). The van der Waals surface area contributed by atoms with Crippen LogP contribution < -0.4 is 0 Å². The minimum absolute atomic E-state index is 0.0519. The number of rotatable bonds is 9. The first-order chi connectivity index (χ1) is 8.06. The fourth-order valence-corrected chi connectivity index (χ4v) is 1.37. The average Bonchev–Trinajstić information content (AvgIpc) is 2.23. The summed E-state index contributed by atoms with van der Waals surface area (Å²) in [5.74, 6) is 0. The smallest absolute Gasteiger partial charge is 0.450 e. The second kappa shape index (κ2) is 9.50. The Hall–Kier alpha value is -1.72. The number of allylic oxidation sites excluding steroid dienone is 1. The maximum atomic E-state index is 10.4. The van der Waals surface area contributed by atoms with Gasteiger partial charge >= 0.3 is 12.3 Å². The number of ether oxygens (including phenoxy) is 2. The first kappa shape index (κ1) is 15.3. The first-order valence-electron chi connectivity index (χ1n) is 5.42. The quantitative estimate of drug-likeness (QED) is 0.369. The van der Waals surface area contributed by atoms with Crippen molar-refractivity contribution in [3.05, 3.63) is 12.7 Å². The number of carbonyl (C=O) groups is 2. The fraction of sp³-hybridized carbons (Fsp3) is 0.636. The van der Waals surface area contributed by atoms with Crippen molar-refractivity contribution in [1.29, 1.82) is 0 Å². The Morgan fingerprint density at radius 2 is 1.82 bits per heavy atom.